The molecule has 126 valence electrons. The maximum atomic E-state index is 11.6. The summed E-state index contributed by atoms with van der Waals surface area (Å²) in [5.41, 5.74) is 3.81. The molecule has 2 aromatic carbocycles. The Kier molecular flexibility index (Phi) is 6.55. The van der Waals surface area contributed by atoms with Gasteiger partial charge in [-0.3, -0.25) is 9.59 Å². The molecule has 0 spiro atoms. The first-order valence-electron chi connectivity index (χ1n) is 8.12. The molecular formula is C20H22O4. The van der Waals surface area contributed by atoms with Gasteiger partial charge in [-0.25, -0.2) is 0 Å². The van der Waals surface area contributed by atoms with Crippen molar-refractivity contribution in [1.29, 1.82) is 0 Å². The van der Waals surface area contributed by atoms with E-state index >= 15 is 0 Å². The van der Waals surface area contributed by atoms with E-state index in [1.165, 1.54) is 0 Å². The standard InChI is InChI=1S/C20H22O4/c1-3-23-19(21)13-15-7-5-9-17(11-15)18-10-6-8-16(12-18)14-20(22)24-4-2/h5-12H,3-4,13-14H2,1-2H3. The van der Waals surface area contributed by atoms with Gasteiger partial charge < -0.3 is 9.47 Å². The summed E-state index contributed by atoms with van der Waals surface area (Å²) in [7, 11) is 0. The van der Waals surface area contributed by atoms with Gasteiger partial charge in [0.05, 0.1) is 26.1 Å². The molecule has 0 fully saturated rings. The predicted octanol–water partition coefficient (Wildman–Crippen LogP) is 3.56. The molecule has 4 heteroatoms. The lowest BCUT2D eigenvalue weighted by molar-refractivity contribution is -0.143. The second-order valence-electron chi connectivity index (χ2n) is 5.36. The zero-order valence-electron chi connectivity index (χ0n) is 14.1. The summed E-state index contributed by atoms with van der Waals surface area (Å²) in [6.07, 6.45) is 0.508. The van der Waals surface area contributed by atoms with Gasteiger partial charge in [-0.05, 0) is 36.1 Å². The zero-order valence-corrected chi connectivity index (χ0v) is 14.1. The van der Waals surface area contributed by atoms with Crippen LogP contribution in [0, 0.1) is 0 Å². The van der Waals surface area contributed by atoms with E-state index < -0.39 is 0 Å². The van der Waals surface area contributed by atoms with Gasteiger partial charge >= 0.3 is 11.9 Å². The lowest BCUT2D eigenvalue weighted by Crippen LogP contribution is -2.07. The minimum absolute atomic E-state index is 0.231. The third-order valence-electron chi connectivity index (χ3n) is 3.49. The van der Waals surface area contributed by atoms with Crippen LogP contribution >= 0.6 is 0 Å². The second kappa shape index (κ2) is 8.87. The molecule has 0 aliphatic rings. The molecule has 0 saturated carbocycles. The van der Waals surface area contributed by atoms with Crippen LogP contribution in [-0.4, -0.2) is 25.2 Å². The molecule has 0 aliphatic carbocycles. The van der Waals surface area contributed by atoms with Crippen molar-refractivity contribution >= 4 is 11.9 Å². The molecule has 0 atom stereocenters. The molecule has 0 aliphatic heterocycles. The van der Waals surface area contributed by atoms with Crippen molar-refractivity contribution in [2.45, 2.75) is 26.7 Å². The lowest BCUT2D eigenvalue weighted by Gasteiger charge is -2.08. The van der Waals surface area contributed by atoms with Crippen molar-refractivity contribution in [3.05, 3.63) is 59.7 Å². The fourth-order valence-corrected chi connectivity index (χ4v) is 2.48. The molecule has 2 aromatic rings. The molecule has 0 unspecified atom stereocenters. The maximum absolute atomic E-state index is 11.6. The van der Waals surface area contributed by atoms with Gasteiger partial charge in [-0.15, -0.1) is 0 Å². The van der Waals surface area contributed by atoms with Gasteiger partial charge in [0.25, 0.3) is 0 Å². The Labute approximate surface area is 142 Å². The minimum Gasteiger partial charge on any atom is -0.466 e. The van der Waals surface area contributed by atoms with Crippen LogP contribution in [0.2, 0.25) is 0 Å². The van der Waals surface area contributed by atoms with Crippen LogP contribution in [0.5, 0.6) is 0 Å². The lowest BCUT2D eigenvalue weighted by atomic mass is 9.99. The molecular weight excluding hydrogens is 304 g/mol. The van der Waals surface area contributed by atoms with Crippen LogP contribution < -0.4 is 0 Å². The van der Waals surface area contributed by atoms with Gasteiger partial charge in [0, 0.05) is 0 Å². The molecule has 0 heterocycles. The topological polar surface area (TPSA) is 52.6 Å². The van der Waals surface area contributed by atoms with Crippen molar-refractivity contribution in [2.24, 2.45) is 0 Å². The molecule has 0 radical (unpaired) electrons. The normalized spacial score (nSPS) is 10.2. The summed E-state index contributed by atoms with van der Waals surface area (Å²) in [5.74, 6) is -0.462. The molecule has 24 heavy (non-hydrogen) atoms. The summed E-state index contributed by atoms with van der Waals surface area (Å²) in [6, 6.07) is 15.6. The number of esters is 2. The average molecular weight is 326 g/mol. The van der Waals surface area contributed by atoms with Crippen LogP contribution in [0.4, 0.5) is 0 Å². The van der Waals surface area contributed by atoms with E-state index in [9.17, 15) is 9.59 Å². The third kappa shape index (κ3) is 5.23. The predicted molar refractivity (Wildman–Crippen MR) is 92.6 cm³/mol. The van der Waals surface area contributed by atoms with Gasteiger partial charge in [0.2, 0.25) is 0 Å². The number of hydrogen-bond donors (Lipinski definition) is 0. The molecule has 4 nitrogen and oxygen atoms in total. The summed E-state index contributed by atoms with van der Waals surface area (Å²) in [4.78, 5) is 23.2. The van der Waals surface area contributed by atoms with Crippen molar-refractivity contribution in [3.8, 4) is 11.1 Å². The van der Waals surface area contributed by atoms with E-state index in [1.807, 2.05) is 48.5 Å². The largest absolute Gasteiger partial charge is 0.466 e. The quantitative estimate of drug-likeness (QED) is 0.730. The SMILES string of the molecule is CCOC(=O)Cc1cccc(-c2cccc(CC(=O)OCC)c2)c1. The van der Waals surface area contributed by atoms with Gasteiger partial charge in [-0.1, -0.05) is 48.5 Å². The Morgan fingerprint density at radius 3 is 1.54 bits per heavy atom. The molecule has 2 rings (SSSR count). The molecule has 0 saturated heterocycles. The minimum atomic E-state index is -0.231. The number of rotatable bonds is 7. The van der Waals surface area contributed by atoms with Crippen LogP contribution in [0.25, 0.3) is 11.1 Å². The number of hydrogen-bond acceptors (Lipinski definition) is 4. The molecule has 0 bridgehead atoms. The second-order valence-corrected chi connectivity index (χ2v) is 5.36. The van der Waals surface area contributed by atoms with Crippen LogP contribution in [0.1, 0.15) is 25.0 Å². The number of ether oxygens (including phenoxy) is 2. The Morgan fingerprint density at radius 2 is 1.17 bits per heavy atom. The van der Waals surface area contributed by atoms with Crippen LogP contribution in [-0.2, 0) is 31.9 Å². The first-order valence-corrected chi connectivity index (χ1v) is 8.12. The Balaban J connectivity index is 2.16. The fraction of sp³-hybridized carbons (Fsp3) is 0.300. The van der Waals surface area contributed by atoms with E-state index in [2.05, 4.69) is 0 Å². The van der Waals surface area contributed by atoms with Gasteiger partial charge in [0.15, 0.2) is 0 Å². The maximum Gasteiger partial charge on any atom is 0.310 e. The smallest absolute Gasteiger partial charge is 0.310 e. The van der Waals surface area contributed by atoms with E-state index in [4.69, 9.17) is 9.47 Å². The van der Waals surface area contributed by atoms with E-state index in [1.54, 1.807) is 13.8 Å². The number of carbonyl (C=O) groups is 2. The Hall–Kier alpha value is -2.62. The van der Waals surface area contributed by atoms with Crippen molar-refractivity contribution in [1.82, 2.24) is 0 Å². The monoisotopic (exact) mass is 326 g/mol. The first-order chi connectivity index (χ1) is 11.6. The average Bonchev–Trinajstić information content (AvgIpc) is 2.56. The summed E-state index contributed by atoms with van der Waals surface area (Å²) < 4.78 is 9.97. The van der Waals surface area contributed by atoms with E-state index in [0.717, 1.165) is 22.3 Å². The van der Waals surface area contributed by atoms with Gasteiger partial charge in [0.1, 0.15) is 0 Å². The summed E-state index contributed by atoms with van der Waals surface area (Å²) in [6.45, 7) is 4.36. The molecule has 0 amide bonds. The van der Waals surface area contributed by atoms with Gasteiger partial charge in [-0.2, -0.15) is 0 Å². The fourth-order valence-electron chi connectivity index (χ4n) is 2.48. The first kappa shape index (κ1) is 17.7. The van der Waals surface area contributed by atoms with Crippen LogP contribution in [0.15, 0.2) is 48.5 Å². The Morgan fingerprint density at radius 1 is 0.750 bits per heavy atom. The third-order valence-corrected chi connectivity index (χ3v) is 3.49. The number of carbonyl (C=O) groups excluding carboxylic acids is 2. The van der Waals surface area contributed by atoms with Crippen molar-refractivity contribution in [2.75, 3.05) is 13.2 Å². The zero-order chi connectivity index (χ0) is 17.4. The number of benzene rings is 2. The van der Waals surface area contributed by atoms with Crippen molar-refractivity contribution in [3.63, 3.8) is 0 Å². The van der Waals surface area contributed by atoms with Crippen molar-refractivity contribution < 1.29 is 19.1 Å². The highest BCUT2D eigenvalue weighted by Gasteiger charge is 2.08. The van der Waals surface area contributed by atoms with E-state index in [0.29, 0.717) is 13.2 Å². The molecule has 0 aromatic heterocycles. The van der Waals surface area contributed by atoms with Crippen LogP contribution in [0.3, 0.4) is 0 Å². The Bertz CT molecular complexity index is 645. The summed E-state index contributed by atoms with van der Waals surface area (Å²) in [5, 5.41) is 0. The highest BCUT2D eigenvalue weighted by Crippen LogP contribution is 2.22. The van der Waals surface area contributed by atoms with E-state index in [-0.39, 0.29) is 24.8 Å². The highest BCUT2D eigenvalue weighted by atomic mass is 16.5. The molecule has 0 N–H and O–H groups in total. The summed E-state index contributed by atoms with van der Waals surface area (Å²) >= 11 is 0. The highest BCUT2D eigenvalue weighted by molar-refractivity contribution is 5.75.